The average molecular weight is 661 g/mol. The number of carboxylic acid groups (broad SMARTS) is 3. The second-order valence-corrected chi connectivity index (χ2v) is 10.6. The third-order valence-electron chi connectivity index (χ3n) is 6.75. The number of unbranched alkanes of at least 4 members (excludes halogenated alkanes) is 2. The second kappa shape index (κ2) is 23.0. The van der Waals surface area contributed by atoms with E-state index in [2.05, 4.69) is 21.3 Å². The maximum Gasteiger partial charge on any atom is 0.303 e. The minimum absolute atomic E-state index is 0.103. The van der Waals surface area contributed by atoms with E-state index in [4.69, 9.17) is 33.1 Å². The lowest BCUT2D eigenvalue weighted by Gasteiger charge is -2.26. The Kier molecular flexibility index (Phi) is 20.9. The van der Waals surface area contributed by atoms with E-state index in [1.54, 1.807) is 0 Å². The van der Waals surface area contributed by atoms with Crippen molar-refractivity contribution in [3.8, 4) is 0 Å². The maximum absolute atomic E-state index is 13.3. The molecule has 15 N–H and O–H groups in total. The van der Waals surface area contributed by atoms with E-state index < -0.39 is 110 Å². The minimum atomic E-state index is -1.61. The van der Waals surface area contributed by atoms with Gasteiger partial charge in [0.25, 0.3) is 0 Å². The molecule has 0 rings (SSSR count). The highest BCUT2D eigenvalue weighted by atomic mass is 16.4. The molecule has 0 saturated heterocycles. The first-order valence-corrected chi connectivity index (χ1v) is 14.9. The number of primary amides is 1. The van der Waals surface area contributed by atoms with Crippen molar-refractivity contribution in [1.29, 1.82) is 0 Å². The predicted octanol–water partition coefficient (Wildman–Crippen LogP) is -3.41. The molecular formula is C27H48N8O11. The van der Waals surface area contributed by atoms with Crippen LogP contribution in [0.4, 0.5) is 0 Å². The number of hydrogen-bond donors (Lipinski definition) is 11. The molecule has 0 radical (unpaired) electrons. The summed E-state index contributed by atoms with van der Waals surface area (Å²) >= 11 is 0. The summed E-state index contributed by atoms with van der Waals surface area (Å²) in [4.78, 5) is 97.4. The summed E-state index contributed by atoms with van der Waals surface area (Å²) in [5, 5.41) is 36.6. The van der Waals surface area contributed by atoms with Gasteiger partial charge in [0.1, 0.15) is 24.2 Å². The Morgan fingerprint density at radius 3 is 1.17 bits per heavy atom. The van der Waals surface area contributed by atoms with Crippen LogP contribution in [0.3, 0.4) is 0 Å². The molecule has 0 saturated carbocycles. The van der Waals surface area contributed by atoms with E-state index in [0.717, 1.165) is 0 Å². The van der Waals surface area contributed by atoms with Crippen molar-refractivity contribution in [3.63, 3.8) is 0 Å². The van der Waals surface area contributed by atoms with Crippen LogP contribution in [-0.4, -0.2) is 106 Å². The Balaban J connectivity index is 5.99. The SMILES string of the molecule is NCCCC[C@H](NC(=O)[C@@H](N)CCCCN)C(=O)N[C@@H](CCC(=O)O)C(=O)N[C@@H](CCC(=O)O)C(=O)N[C@@H](CCC(=O)O)C(N)=O. The summed E-state index contributed by atoms with van der Waals surface area (Å²) in [6.07, 6.45) is -0.563. The van der Waals surface area contributed by atoms with Gasteiger partial charge in [-0.05, 0) is 64.5 Å². The third-order valence-corrected chi connectivity index (χ3v) is 6.75. The zero-order chi connectivity index (χ0) is 35.2. The Bertz CT molecular complexity index is 1060. The number of carbonyl (C=O) groups excluding carboxylic acids is 5. The van der Waals surface area contributed by atoms with Gasteiger partial charge in [-0.15, -0.1) is 0 Å². The molecule has 0 aromatic rings. The summed E-state index contributed by atoms with van der Waals surface area (Å²) in [6.45, 7) is 0.713. The highest BCUT2D eigenvalue weighted by Crippen LogP contribution is 2.08. The fourth-order valence-electron chi connectivity index (χ4n) is 4.12. The van der Waals surface area contributed by atoms with Gasteiger partial charge in [0.05, 0.1) is 6.04 Å². The van der Waals surface area contributed by atoms with Gasteiger partial charge in [0, 0.05) is 19.3 Å². The molecule has 0 aliphatic carbocycles. The van der Waals surface area contributed by atoms with E-state index in [1.165, 1.54) is 0 Å². The van der Waals surface area contributed by atoms with Crippen LogP contribution in [0, 0.1) is 0 Å². The summed E-state index contributed by atoms with van der Waals surface area (Å²) in [5.74, 6) is -8.61. The van der Waals surface area contributed by atoms with Crippen molar-refractivity contribution in [2.45, 2.75) is 107 Å². The van der Waals surface area contributed by atoms with Gasteiger partial charge in [-0.3, -0.25) is 38.4 Å². The normalized spacial score (nSPS) is 14.1. The molecule has 0 aliphatic heterocycles. The van der Waals surface area contributed by atoms with E-state index in [9.17, 15) is 43.5 Å². The van der Waals surface area contributed by atoms with Gasteiger partial charge in [0.2, 0.25) is 29.5 Å². The standard InChI is InChI=1S/C27H48N8O11/c28-13-3-1-5-15(30)24(43)33-17(6-2-4-14-29)25(44)34-19(9-12-22(40)41)27(46)35-18(8-11-21(38)39)26(45)32-16(23(31)42)7-10-20(36)37/h15-19H,1-14,28-30H2,(H2,31,42)(H,32,45)(H,33,43)(H,34,44)(H,35,46)(H,36,37)(H,38,39)(H,40,41)/t15-,16-,17-,18-,19-/m0/s1. The topological polar surface area (TPSA) is 349 Å². The predicted molar refractivity (Wildman–Crippen MR) is 161 cm³/mol. The Labute approximate surface area is 265 Å². The van der Waals surface area contributed by atoms with Gasteiger partial charge in [0.15, 0.2) is 0 Å². The van der Waals surface area contributed by atoms with Gasteiger partial charge < -0.3 is 59.5 Å². The smallest absolute Gasteiger partial charge is 0.303 e. The molecule has 0 fully saturated rings. The number of amides is 5. The highest BCUT2D eigenvalue weighted by molar-refractivity contribution is 5.96. The van der Waals surface area contributed by atoms with Crippen LogP contribution in [0.25, 0.3) is 0 Å². The van der Waals surface area contributed by atoms with Crippen LogP contribution in [0.1, 0.15) is 77.0 Å². The van der Waals surface area contributed by atoms with Crippen molar-refractivity contribution >= 4 is 47.4 Å². The fourth-order valence-corrected chi connectivity index (χ4v) is 4.12. The second-order valence-electron chi connectivity index (χ2n) is 10.6. The molecule has 0 unspecified atom stereocenters. The molecule has 0 bridgehead atoms. The van der Waals surface area contributed by atoms with Crippen molar-refractivity contribution in [2.24, 2.45) is 22.9 Å². The first kappa shape index (κ1) is 41.6. The molecule has 19 nitrogen and oxygen atoms in total. The molecule has 46 heavy (non-hydrogen) atoms. The van der Waals surface area contributed by atoms with Crippen molar-refractivity contribution < 1.29 is 53.7 Å². The van der Waals surface area contributed by atoms with Gasteiger partial charge in [-0.2, -0.15) is 0 Å². The highest BCUT2D eigenvalue weighted by Gasteiger charge is 2.32. The van der Waals surface area contributed by atoms with Crippen LogP contribution in [0.2, 0.25) is 0 Å². The number of nitrogens with two attached hydrogens (primary N) is 4. The molecule has 5 atom stereocenters. The average Bonchev–Trinajstić information content (AvgIpc) is 2.97. The molecule has 262 valence electrons. The zero-order valence-corrected chi connectivity index (χ0v) is 25.7. The quantitative estimate of drug-likeness (QED) is 0.0403. The third kappa shape index (κ3) is 18.4. The molecule has 19 heteroatoms. The Morgan fingerprint density at radius 2 is 0.804 bits per heavy atom. The largest absolute Gasteiger partial charge is 0.481 e. The molecule has 5 amide bonds. The lowest BCUT2D eigenvalue weighted by atomic mass is 10.0. The summed E-state index contributed by atoms with van der Waals surface area (Å²) < 4.78 is 0. The maximum atomic E-state index is 13.3. The van der Waals surface area contributed by atoms with Crippen LogP contribution in [0.5, 0.6) is 0 Å². The molecule has 0 aliphatic rings. The van der Waals surface area contributed by atoms with E-state index in [-0.39, 0.29) is 12.8 Å². The van der Waals surface area contributed by atoms with Crippen molar-refractivity contribution in [1.82, 2.24) is 21.3 Å². The molecule has 0 aromatic heterocycles. The number of rotatable bonds is 26. The van der Waals surface area contributed by atoms with E-state index in [0.29, 0.717) is 45.2 Å². The lowest BCUT2D eigenvalue weighted by molar-refractivity contribution is -0.140. The zero-order valence-electron chi connectivity index (χ0n) is 25.7. The first-order valence-electron chi connectivity index (χ1n) is 14.9. The van der Waals surface area contributed by atoms with Crippen molar-refractivity contribution in [2.75, 3.05) is 13.1 Å². The van der Waals surface area contributed by atoms with Gasteiger partial charge in [-0.25, -0.2) is 0 Å². The van der Waals surface area contributed by atoms with E-state index >= 15 is 0 Å². The minimum Gasteiger partial charge on any atom is -0.481 e. The molecular weight excluding hydrogens is 612 g/mol. The number of carbonyl (C=O) groups is 8. The number of aliphatic carboxylic acids is 3. The Hall–Kier alpha value is -4.36. The number of hydrogen-bond acceptors (Lipinski definition) is 11. The van der Waals surface area contributed by atoms with Gasteiger partial charge >= 0.3 is 17.9 Å². The fraction of sp³-hybridized carbons (Fsp3) is 0.704. The van der Waals surface area contributed by atoms with Crippen molar-refractivity contribution in [3.05, 3.63) is 0 Å². The van der Waals surface area contributed by atoms with Crippen LogP contribution in [-0.2, 0) is 38.4 Å². The molecule has 0 heterocycles. The first-order chi connectivity index (χ1) is 21.6. The van der Waals surface area contributed by atoms with Crippen LogP contribution < -0.4 is 44.2 Å². The monoisotopic (exact) mass is 660 g/mol. The van der Waals surface area contributed by atoms with E-state index in [1.807, 2.05) is 0 Å². The summed E-state index contributed by atoms with van der Waals surface area (Å²) in [7, 11) is 0. The summed E-state index contributed by atoms with van der Waals surface area (Å²) in [5.41, 5.74) is 22.2. The van der Waals surface area contributed by atoms with Crippen LogP contribution in [0.15, 0.2) is 0 Å². The molecule has 0 aromatic carbocycles. The summed E-state index contributed by atoms with van der Waals surface area (Å²) in [6, 6.07) is -6.76. The molecule has 0 spiro atoms. The number of nitrogens with one attached hydrogen (secondary N) is 4. The lowest BCUT2D eigenvalue weighted by Crippen LogP contribution is -2.58. The number of carboxylic acids is 3. The van der Waals surface area contributed by atoms with Gasteiger partial charge in [-0.1, -0.05) is 6.42 Å². The Morgan fingerprint density at radius 1 is 0.478 bits per heavy atom. The van der Waals surface area contributed by atoms with Crippen LogP contribution >= 0.6 is 0 Å².